The highest BCUT2D eigenvalue weighted by Crippen LogP contribution is 2.29. The van der Waals surface area contributed by atoms with E-state index in [1.807, 2.05) is 12.1 Å². The Morgan fingerprint density at radius 1 is 0.868 bits per heavy atom. The molecule has 5 rings (SSSR count). The average molecular weight is 575 g/mol. The highest BCUT2D eigenvalue weighted by molar-refractivity contribution is 7.89. The number of rotatable bonds is 6. The molecule has 8 nitrogen and oxygen atoms in total. The van der Waals surface area contributed by atoms with E-state index in [1.165, 1.54) is 45.9 Å². The van der Waals surface area contributed by atoms with Crippen molar-refractivity contribution in [1.82, 2.24) is 13.6 Å². The fourth-order valence-corrected chi connectivity index (χ4v) is 7.65. The molecule has 0 atom stereocenters. The zero-order valence-corrected chi connectivity index (χ0v) is 22.7. The van der Waals surface area contributed by atoms with Gasteiger partial charge in [0.05, 0.1) is 15.3 Å². The number of sulfonamides is 2. The number of piperazine rings is 1. The zero-order chi connectivity index (χ0) is 27.1. The Balaban J connectivity index is 1.29. The van der Waals surface area contributed by atoms with Crippen molar-refractivity contribution in [3.63, 3.8) is 0 Å². The summed E-state index contributed by atoms with van der Waals surface area (Å²) in [4.78, 5) is 4.32. The highest BCUT2D eigenvalue weighted by atomic mass is 35.5. The Morgan fingerprint density at radius 2 is 1.53 bits per heavy atom. The summed E-state index contributed by atoms with van der Waals surface area (Å²) in [7, 11) is -7.79. The van der Waals surface area contributed by atoms with Crippen LogP contribution in [0.3, 0.4) is 0 Å². The third-order valence-corrected chi connectivity index (χ3v) is 10.7. The number of anilines is 2. The molecule has 1 N–H and O–H groups in total. The molecular formula is C26H24ClFN4O4S2. The molecule has 0 saturated carbocycles. The molecule has 0 spiro atoms. The second-order valence-corrected chi connectivity index (χ2v) is 13.1. The fraction of sp³-hybridized carbons (Fsp3) is 0.192. The molecule has 1 fully saturated rings. The molecule has 3 aromatic carbocycles. The molecule has 12 heteroatoms. The normalized spacial score (nSPS) is 15.6. The summed E-state index contributed by atoms with van der Waals surface area (Å²) in [6, 6.07) is 17.5. The quantitative estimate of drug-likeness (QED) is 0.356. The number of nitrogens with zero attached hydrogens (tertiary/aromatic N) is 3. The first-order valence-electron chi connectivity index (χ1n) is 11.7. The van der Waals surface area contributed by atoms with Crippen molar-refractivity contribution in [2.45, 2.75) is 16.7 Å². The molecular weight excluding hydrogens is 551 g/mol. The molecule has 1 aliphatic heterocycles. The second-order valence-electron chi connectivity index (χ2n) is 8.84. The Bertz CT molecular complexity index is 1720. The number of hydrogen-bond donors (Lipinski definition) is 1. The molecule has 4 aromatic rings. The van der Waals surface area contributed by atoms with Gasteiger partial charge in [-0.2, -0.15) is 8.61 Å². The number of benzene rings is 3. The van der Waals surface area contributed by atoms with Gasteiger partial charge in [0.25, 0.3) is 0 Å². The SMILES string of the molecule is Cc1c(F)cccc1S(=O)(=O)N1CCN(S(=O)(=O)c2ccc(Nc3ccnc4cc(Cl)ccc34)cc2)CC1. The van der Waals surface area contributed by atoms with Crippen molar-refractivity contribution in [1.29, 1.82) is 0 Å². The van der Waals surface area contributed by atoms with Gasteiger partial charge in [-0.3, -0.25) is 4.98 Å². The molecule has 0 unspecified atom stereocenters. The first-order chi connectivity index (χ1) is 18.1. The van der Waals surface area contributed by atoms with Crippen LogP contribution in [0.2, 0.25) is 5.02 Å². The largest absolute Gasteiger partial charge is 0.355 e. The van der Waals surface area contributed by atoms with E-state index in [9.17, 15) is 21.2 Å². The number of fused-ring (bicyclic) bond motifs is 1. The van der Waals surface area contributed by atoms with Crippen LogP contribution in [0.4, 0.5) is 15.8 Å². The molecule has 0 aliphatic carbocycles. The number of pyridine rings is 1. The first kappa shape index (κ1) is 26.5. The van der Waals surface area contributed by atoms with Gasteiger partial charge in [-0.1, -0.05) is 17.7 Å². The molecule has 198 valence electrons. The Labute approximate surface area is 225 Å². The van der Waals surface area contributed by atoms with Crippen LogP contribution in [0, 0.1) is 12.7 Å². The Kier molecular flexibility index (Phi) is 7.14. The lowest BCUT2D eigenvalue weighted by Gasteiger charge is -2.33. The van der Waals surface area contributed by atoms with Gasteiger partial charge in [0, 0.05) is 59.7 Å². The number of hydrogen-bond acceptors (Lipinski definition) is 6. The first-order valence-corrected chi connectivity index (χ1v) is 15.0. The third kappa shape index (κ3) is 4.99. The Morgan fingerprint density at radius 3 is 2.21 bits per heavy atom. The lowest BCUT2D eigenvalue weighted by molar-refractivity contribution is 0.272. The average Bonchev–Trinajstić information content (AvgIpc) is 2.90. The topological polar surface area (TPSA) is 99.7 Å². The minimum Gasteiger partial charge on any atom is -0.355 e. The van der Waals surface area contributed by atoms with E-state index < -0.39 is 25.9 Å². The number of nitrogens with one attached hydrogen (secondary N) is 1. The fourth-order valence-electron chi connectivity index (χ4n) is 4.40. The zero-order valence-electron chi connectivity index (χ0n) is 20.3. The van der Waals surface area contributed by atoms with E-state index in [2.05, 4.69) is 10.3 Å². The van der Waals surface area contributed by atoms with Crippen molar-refractivity contribution < 1.29 is 21.2 Å². The summed E-state index contributed by atoms with van der Waals surface area (Å²) in [5.41, 5.74) is 2.26. The van der Waals surface area contributed by atoms with Crippen LogP contribution >= 0.6 is 11.6 Å². The van der Waals surface area contributed by atoms with Crippen molar-refractivity contribution in [2.24, 2.45) is 0 Å². The summed E-state index contributed by atoms with van der Waals surface area (Å²) in [6.07, 6.45) is 1.66. The van der Waals surface area contributed by atoms with Gasteiger partial charge in [0.2, 0.25) is 20.0 Å². The summed E-state index contributed by atoms with van der Waals surface area (Å²) < 4.78 is 69.0. The summed E-state index contributed by atoms with van der Waals surface area (Å²) >= 11 is 6.06. The highest BCUT2D eigenvalue weighted by Gasteiger charge is 2.34. The minimum absolute atomic E-state index is 0.0124. The molecule has 2 heterocycles. The lowest BCUT2D eigenvalue weighted by Crippen LogP contribution is -2.50. The molecule has 0 radical (unpaired) electrons. The van der Waals surface area contributed by atoms with E-state index in [1.54, 1.807) is 30.5 Å². The number of aromatic nitrogens is 1. The summed E-state index contributed by atoms with van der Waals surface area (Å²) in [5, 5.41) is 4.73. The van der Waals surface area contributed by atoms with Crippen molar-refractivity contribution in [3.8, 4) is 0 Å². The number of halogens is 2. The van der Waals surface area contributed by atoms with Crippen molar-refractivity contribution in [2.75, 3.05) is 31.5 Å². The van der Waals surface area contributed by atoms with Gasteiger partial charge < -0.3 is 5.32 Å². The second kappa shape index (κ2) is 10.2. The molecule has 1 aliphatic rings. The van der Waals surface area contributed by atoms with Gasteiger partial charge in [-0.05, 0) is 67.6 Å². The molecule has 1 saturated heterocycles. The van der Waals surface area contributed by atoms with Crippen molar-refractivity contribution >= 4 is 53.9 Å². The maximum atomic E-state index is 13.9. The van der Waals surface area contributed by atoms with E-state index in [0.717, 1.165) is 16.6 Å². The van der Waals surface area contributed by atoms with Crippen LogP contribution in [-0.4, -0.2) is 56.6 Å². The smallest absolute Gasteiger partial charge is 0.243 e. The molecule has 38 heavy (non-hydrogen) atoms. The predicted molar refractivity (Wildman–Crippen MR) is 145 cm³/mol. The maximum absolute atomic E-state index is 13.9. The summed E-state index contributed by atoms with van der Waals surface area (Å²) in [6.45, 7) is 1.32. The van der Waals surface area contributed by atoms with Crippen LogP contribution in [0.15, 0.2) is 82.7 Å². The monoisotopic (exact) mass is 574 g/mol. The van der Waals surface area contributed by atoms with Crippen LogP contribution in [0.1, 0.15) is 5.56 Å². The molecule has 0 amide bonds. The van der Waals surface area contributed by atoms with Crippen LogP contribution in [0.25, 0.3) is 10.9 Å². The molecule has 1 aromatic heterocycles. The van der Waals surface area contributed by atoms with E-state index in [4.69, 9.17) is 11.6 Å². The Hall–Kier alpha value is -3.09. The predicted octanol–water partition coefficient (Wildman–Crippen LogP) is 4.77. The van der Waals surface area contributed by atoms with E-state index in [0.29, 0.717) is 10.7 Å². The van der Waals surface area contributed by atoms with Gasteiger partial charge in [0.15, 0.2) is 0 Å². The van der Waals surface area contributed by atoms with E-state index >= 15 is 0 Å². The van der Waals surface area contributed by atoms with Crippen LogP contribution in [-0.2, 0) is 20.0 Å². The minimum atomic E-state index is -3.95. The van der Waals surface area contributed by atoms with Crippen molar-refractivity contribution in [3.05, 3.63) is 89.3 Å². The van der Waals surface area contributed by atoms with Crippen LogP contribution in [0.5, 0.6) is 0 Å². The standard InChI is InChI=1S/C26H24ClFN4O4S2/c1-18-23(28)3-2-4-26(18)38(35,36)32-15-13-31(14-16-32)37(33,34)21-8-6-20(7-9-21)30-24-11-12-29-25-17-19(27)5-10-22(24)25/h2-12,17H,13-16H2,1H3,(H,29,30). The van der Waals surface area contributed by atoms with Gasteiger partial charge in [-0.25, -0.2) is 21.2 Å². The summed E-state index contributed by atoms with van der Waals surface area (Å²) in [5.74, 6) is -0.605. The van der Waals surface area contributed by atoms with Crippen LogP contribution < -0.4 is 5.32 Å². The maximum Gasteiger partial charge on any atom is 0.243 e. The van der Waals surface area contributed by atoms with E-state index in [-0.39, 0.29) is 41.5 Å². The van der Waals surface area contributed by atoms with Gasteiger partial charge in [-0.15, -0.1) is 0 Å². The lowest BCUT2D eigenvalue weighted by atomic mass is 10.2. The third-order valence-electron chi connectivity index (χ3n) is 6.51. The van der Waals surface area contributed by atoms with Gasteiger partial charge >= 0.3 is 0 Å². The molecule has 0 bridgehead atoms. The van der Waals surface area contributed by atoms with Gasteiger partial charge in [0.1, 0.15) is 5.82 Å².